The number of hydrogen-bond donors (Lipinski definition) is 2. The predicted molar refractivity (Wildman–Crippen MR) is 176 cm³/mol. The van der Waals surface area contributed by atoms with Gasteiger partial charge in [-0.3, -0.25) is 9.59 Å². The van der Waals surface area contributed by atoms with Crippen molar-refractivity contribution in [2.24, 2.45) is 0 Å². The molecule has 7 heteroatoms. The summed E-state index contributed by atoms with van der Waals surface area (Å²) in [5.74, 6) is 2.15. The lowest BCUT2D eigenvalue weighted by Crippen LogP contribution is -2.54. The van der Waals surface area contributed by atoms with Crippen molar-refractivity contribution in [1.82, 2.24) is 15.5 Å². The number of benzene rings is 2. The maximum atomic E-state index is 14.7. The Hall–Kier alpha value is -3.79. The van der Waals surface area contributed by atoms with Gasteiger partial charge in [0.2, 0.25) is 11.8 Å². The first-order chi connectivity index (χ1) is 21.1. The van der Waals surface area contributed by atoms with E-state index in [2.05, 4.69) is 23.5 Å². The highest BCUT2D eigenvalue weighted by Crippen LogP contribution is 2.28. The van der Waals surface area contributed by atoms with Gasteiger partial charge in [0.25, 0.3) is 0 Å². The van der Waals surface area contributed by atoms with Gasteiger partial charge in [-0.25, -0.2) is 4.79 Å². The van der Waals surface area contributed by atoms with Gasteiger partial charge in [0.1, 0.15) is 17.7 Å². The molecule has 2 aromatic carbocycles. The molecule has 0 aromatic heterocycles. The third-order valence-corrected chi connectivity index (χ3v) is 7.98. The quantitative estimate of drug-likeness (QED) is 0.179. The molecule has 0 saturated heterocycles. The zero-order valence-corrected chi connectivity index (χ0v) is 27.1. The van der Waals surface area contributed by atoms with Gasteiger partial charge in [0, 0.05) is 24.6 Å². The van der Waals surface area contributed by atoms with E-state index in [4.69, 9.17) is 11.2 Å². The SMILES string of the molecule is C#Cc1ccccc1C(C(=O)NC1CCCCC1)N(CCCCCCC)C(=O)C(Cc1ccccc1)NC(=O)OC(C)(C)C. The molecule has 2 unspecified atom stereocenters. The molecule has 1 fully saturated rings. The number of rotatable bonds is 14. The number of alkyl carbamates (subject to hydrolysis) is 1. The lowest BCUT2D eigenvalue weighted by atomic mass is 9.93. The van der Waals surface area contributed by atoms with Gasteiger partial charge >= 0.3 is 6.09 Å². The Kier molecular flexibility index (Phi) is 13.8. The standard InChI is InChI=1S/C37H51N3O4/c1-6-8-9-10-19-26-40(35(42)32(27-28-20-13-11-14-21-28)39-36(43)44-37(3,4)5)33(31-25-18-17-22-29(31)7-2)34(41)38-30-23-15-12-16-24-30/h2,11,13-14,17-18,20-22,25,30,32-33H,6,8-10,12,15-16,19,23-24,26-27H2,1,3-5H3,(H,38,41)(H,39,43). The molecule has 0 bridgehead atoms. The van der Waals surface area contributed by atoms with E-state index < -0.39 is 23.8 Å². The monoisotopic (exact) mass is 601 g/mol. The number of carbonyl (C=O) groups is 3. The number of ether oxygens (including phenoxy) is 1. The Morgan fingerprint density at radius 2 is 1.61 bits per heavy atom. The Morgan fingerprint density at radius 1 is 0.955 bits per heavy atom. The van der Waals surface area contributed by atoms with Gasteiger partial charge in [-0.05, 0) is 57.2 Å². The first-order valence-electron chi connectivity index (χ1n) is 16.3. The number of nitrogens with zero attached hydrogens (tertiary/aromatic N) is 1. The largest absolute Gasteiger partial charge is 0.444 e. The Balaban J connectivity index is 2.05. The van der Waals surface area contributed by atoms with E-state index in [1.807, 2.05) is 48.5 Å². The van der Waals surface area contributed by atoms with Crippen LogP contribution in [0.4, 0.5) is 4.79 Å². The van der Waals surface area contributed by atoms with Crippen LogP contribution in [0.15, 0.2) is 54.6 Å². The third kappa shape index (κ3) is 11.0. The normalized spacial score (nSPS) is 15.0. The summed E-state index contributed by atoms with van der Waals surface area (Å²) in [5.41, 5.74) is 1.33. The van der Waals surface area contributed by atoms with Crippen molar-refractivity contribution in [2.75, 3.05) is 6.54 Å². The summed E-state index contributed by atoms with van der Waals surface area (Å²) in [6.07, 6.45) is 15.5. The molecule has 2 atom stereocenters. The number of hydrogen-bond acceptors (Lipinski definition) is 4. The van der Waals surface area contributed by atoms with Crippen LogP contribution < -0.4 is 10.6 Å². The highest BCUT2D eigenvalue weighted by molar-refractivity contribution is 5.92. The molecule has 0 spiro atoms. The summed E-state index contributed by atoms with van der Waals surface area (Å²) in [5, 5.41) is 6.11. The molecule has 1 saturated carbocycles. The van der Waals surface area contributed by atoms with Crippen molar-refractivity contribution in [3.8, 4) is 12.3 Å². The second-order valence-corrected chi connectivity index (χ2v) is 12.8. The first kappa shape index (κ1) is 34.7. The molecular formula is C37H51N3O4. The van der Waals surface area contributed by atoms with Crippen molar-refractivity contribution in [3.05, 3.63) is 71.3 Å². The smallest absolute Gasteiger partial charge is 0.408 e. The Bertz CT molecular complexity index is 1240. The average Bonchev–Trinajstić information content (AvgIpc) is 3.00. The molecule has 0 aliphatic heterocycles. The zero-order chi connectivity index (χ0) is 32.0. The van der Waals surface area contributed by atoms with Crippen molar-refractivity contribution < 1.29 is 19.1 Å². The molecule has 1 aliphatic rings. The maximum Gasteiger partial charge on any atom is 0.408 e. The van der Waals surface area contributed by atoms with Gasteiger partial charge in [0.05, 0.1) is 0 Å². The summed E-state index contributed by atoms with van der Waals surface area (Å²) < 4.78 is 5.56. The number of unbranched alkanes of at least 4 members (excludes halogenated alkanes) is 4. The highest BCUT2D eigenvalue weighted by Gasteiger charge is 2.37. The molecule has 238 valence electrons. The van der Waals surface area contributed by atoms with E-state index in [1.54, 1.807) is 31.7 Å². The lowest BCUT2D eigenvalue weighted by molar-refractivity contribution is -0.143. The van der Waals surface area contributed by atoms with Crippen LogP contribution in [-0.4, -0.2) is 47.0 Å². The summed E-state index contributed by atoms with van der Waals surface area (Å²) in [7, 11) is 0. The molecular weight excluding hydrogens is 550 g/mol. The van der Waals surface area contributed by atoms with Gasteiger partial charge in [-0.2, -0.15) is 0 Å². The minimum absolute atomic E-state index is 0.0539. The van der Waals surface area contributed by atoms with Crippen LogP contribution >= 0.6 is 0 Å². The summed E-state index contributed by atoms with van der Waals surface area (Å²) in [6.45, 7) is 7.86. The molecule has 7 nitrogen and oxygen atoms in total. The van der Waals surface area contributed by atoms with E-state index in [-0.39, 0.29) is 24.3 Å². The average molecular weight is 602 g/mol. The molecule has 3 amide bonds. The van der Waals surface area contributed by atoms with Crippen molar-refractivity contribution in [3.63, 3.8) is 0 Å². The van der Waals surface area contributed by atoms with Gasteiger partial charge < -0.3 is 20.3 Å². The minimum atomic E-state index is -0.953. The number of carbonyl (C=O) groups excluding carboxylic acids is 3. The summed E-state index contributed by atoms with van der Waals surface area (Å²) in [6, 6.07) is 15.1. The fraction of sp³-hybridized carbons (Fsp3) is 0.541. The second-order valence-electron chi connectivity index (χ2n) is 12.8. The Morgan fingerprint density at radius 3 is 2.27 bits per heavy atom. The van der Waals surface area contributed by atoms with Crippen LogP contribution in [0.2, 0.25) is 0 Å². The van der Waals surface area contributed by atoms with Crippen LogP contribution in [0.1, 0.15) is 115 Å². The second kappa shape index (κ2) is 17.5. The molecule has 44 heavy (non-hydrogen) atoms. The number of amides is 3. The summed E-state index contributed by atoms with van der Waals surface area (Å²) >= 11 is 0. The topological polar surface area (TPSA) is 87.7 Å². The molecule has 0 radical (unpaired) electrons. The van der Waals surface area contributed by atoms with Crippen LogP contribution in [0.25, 0.3) is 0 Å². The van der Waals surface area contributed by atoms with Gasteiger partial charge in [0.15, 0.2) is 0 Å². The summed E-state index contributed by atoms with van der Waals surface area (Å²) in [4.78, 5) is 43.7. The molecule has 1 aliphatic carbocycles. The van der Waals surface area contributed by atoms with Crippen LogP contribution in [-0.2, 0) is 20.7 Å². The van der Waals surface area contributed by atoms with Crippen molar-refractivity contribution in [1.29, 1.82) is 0 Å². The minimum Gasteiger partial charge on any atom is -0.444 e. The van der Waals surface area contributed by atoms with Crippen molar-refractivity contribution >= 4 is 17.9 Å². The molecule has 0 heterocycles. The van der Waals surface area contributed by atoms with Crippen LogP contribution in [0, 0.1) is 12.3 Å². The van der Waals surface area contributed by atoms with E-state index in [9.17, 15) is 14.4 Å². The van der Waals surface area contributed by atoms with E-state index in [0.29, 0.717) is 17.7 Å². The maximum absolute atomic E-state index is 14.7. The van der Waals surface area contributed by atoms with E-state index in [0.717, 1.165) is 69.8 Å². The first-order valence-corrected chi connectivity index (χ1v) is 16.3. The van der Waals surface area contributed by atoms with E-state index in [1.165, 1.54) is 0 Å². The fourth-order valence-electron chi connectivity index (χ4n) is 5.80. The van der Waals surface area contributed by atoms with Crippen LogP contribution in [0.3, 0.4) is 0 Å². The number of terminal acetylenes is 1. The fourth-order valence-corrected chi connectivity index (χ4v) is 5.80. The highest BCUT2D eigenvalue weighted by atomic mass is 16.6. The molecule has 2 N–H and O–H groups in total. The van der Waals surface area contributed by atoms with Crippen molar-refractivity contribution in [2.45, 2.75) is 122 Å². The number of nitrogens with one attached hydrogen (secondary N) is 2. The molecule has 2 aromatic rings. The predicted octanol–water partition coefficient (Wildman–Crippen LogP) is 7.09. The lowest BCUT2D eigenvalue weighted by Gasteiger charge is -2.36. The van der Waals surface area contributed by atoms with Gasteiger partial charge in [-0.15, -0.1) is 6.42 Å². The third-order valence-electron chi connectivity index (χ3n) is 7.98. The molecule has 3 rings (SSSR count). The van der Waals surface area contributed by atoms with Crippen LogP contribution in [0.5, 0.6) is 0 Å². The van der Waals surface area contributed by atoms with E-state index >= 15 is 0 Å². The van der Waals surface area contributed by atoms with Gasteiger partial charge in [-0.1, -0.05) is 106 Å². The Labute approximate surface area is 264 Å². The zero-order valence-electron chi connectivity index (χ0n) is 27.1.